The standard InChI is InChI=1S/C15H22N2O3/c1-10-12(6-7-13(18)19)11(2)17-14(16-10)15(3)8-4-5-9-20-15/h4-9H2,1-3H3,(H,18,19). The smallest absolute Gasteiger partial charge is 0.303 e. The molecule has 1 fully saturated rings. The van der Waals surface area contributed by atoms with Gasteiger partial charge in [0.05, 0.1) is 0 Å². The Bertz CT molecular complexity index is 485. The van der Waals surface area contributed by atoms with Crippen LogP contribution in [0.25, 0.3) is 0 Å². The van der Waals surface area contributed by atoms with E-state index in [2.05, 4.69) is 9.97 Å². The van der Waals surface area contributed by atoms with E-state index in [0.29, 0.717) is 6.42 Å². The summed E-state index contributed by atoms with van der Waals surface area (Å²) in [6, 6.07) is 0. The van der Waals surface area contributed by atoms with Crippen molar-refractivity contribution in [2.24, 2.45) is 0 Å². The third-order valence-corrected chi connectivity index (χ3v) is 3.95. The molecule has 110 valence electrons. The van der Waals surface area contributed by atoms with Crippen LogP contribution in [0.5, 0.6) is 0 Å². The highest BCUT2D eigenvalue weighted by Crippen LogP contribution is 2.33. The molecule has 0 saturated carbocycles. The van der Waals surface area contributed by atoms with Crippen molar-refractivity contribution in [1.29, 1.82) is 0 Å². The van der Waals surface area contributed by atoms with Crippen LogP contribution < -0.4 is 0 Å². The summed E-state index contributed by atoms with van der Waals surface area (Å²) in [7, 11) is 0. The first kappa shape index (κ1) is 14.9. The average Bonchev–Trinajstić information content (AvgIpc) is 2.38. The number of nitrogens with zero attached hydrogens (tertiary/aromatic N) is 2. The Hall–Kier alpha value is -1.49. The molecular weight excluding hydrogens is 256 g/mol. The van der Waals surface area contributed by atoms with Gasteiger partial charge in [-0.1, -0.05) is 0 Å². The van der Waals surface area contributed by atoms with Crippen molar-refractivity contribution < 1.29 is 14.6 Å². The zero-order chi connectivity index (χ0) is 14.8. The monoisotopic (exact) mass is 278 g/mol. The van der Waals surface area contributed by atoms with Gasteiger partial charge in [0.15, 0.2) is 5.82 Å². The van der Waals surface area contributed by atoms with Gasteiger partial charge in [-0.15, -0.1) is 0 Å². The molecule has 20 heavy (non-hydrogen) atoms. The van der Waals surface area contributed by atoms with Crippen molar-refractivity contribution in [3.05, 3.63) is 22.8 Å². The predicted octanol–water partition coefficient (Wildman–Crippen LogP) is 2.53. The third kappa shape index (κ3) is 3.15. The Balaban J connectivity index is 2.27. The highest BCUT2D eigenvalue weighted by molar-refractivity contribution is 5.67. The minimum absolute atomic E-state index is 0.109. The molecule has 1 saturated heterocycles. The summed E-state index contributed by atoms with van der Waals surface area (Å²) >= 11 is 0. The lowest BCUT2D eigenvalue weighted by Crippen LogP contribution is -2.33. The number of carbonyl (C=O) groups is 1. The Morgan fingerprint density at radius 1 is 1.30 bits per heavy atom. The van der Waals surface area contributed by atoms with Crippen LogP contribution in [0.4, 0.5) is 0 Å². The topological polar surface area (TPSA) is 72.3 Å². The Labute approximate surface area is 119 Å². The Morgan fingerprint density at radius 2 is 1.95 bits per heavy atom. The van der Waals surface area contributed by atoms with Gasteiger partial charge in [-0.05, 0) is 52.0 Å². The normalized spacial score (nSPS) is 22.8. The van der Waals surface area contributed by atoms with E-state index in [4.69, 9.17) is 9.84 Å². The molecule has 0 aliphatic carbocycles. The number of hydrogen-bond donors (Lipinski definition) is 1. The molecule has 1 aromatic rings. The van der Waals surface area contributed by atoms with Crippen molar-refractivity contribution in [3.63, 3.8) is 0 Å². The van der Waals surface area contributed by atoms with Gasteiger partial charge in [0.1, 0.15) is 5.60 Å². The fourth-order valence-electron chi connectivity index (χ4n) is 2.68. The molecule has 0 aromatic carbocycles. The number of carboxylic acids is 1. The molecule has 1 aromatic heterocycles. The summed E-state index contributed by atoms with van der Waals surface area (Å²) in [4.78, 5) is 19.9. The van der Waals surface area contributed by atoms with Crippen LogP contribution in [0.1, 0.15) is 55.4 Å². The molecule has 5 heteroatoms. The first-order chi connectivity index (χ1) is 9.42. The summed E-state index contributed by atoms with van der Waals surface area (Å²) in [6.07, 6.45) is 3.73. The van der Waals surface area contributed by atoms with E-state index in [-0.39, 0.29) is 6.42 Å². The molecule has 1 unspecified atom stereocenters. The molecule has 2 rings (SSSR count). The van der Waals surface area contributed by atoms with Gasteiger partial charge in [-0.25, -0.2) is 9.97 Å². The second kappa shape index (κ2) is 5.87. The maximum absolute atomic E-state index is 10.7. The molecule has 0 bridgehead atoms. The van der Waals surface area contributed by atoms with Crippen LogP contribution in [0.2, 0.25) is 0 Å². The second-order valence-electron chi connectivity index (χ2n) is 5.63. The average molecular weight is 278 g/mol. The molecule has 5 nitrogen and oxygen atoms in total. The summed E-state index contributed by atoms with van der Waals surface area (Å²) in [5.74, 6) is -0.0678. The summed E-state index contributed by atoms with van der Waals surface area (Å²) in [6.45, 7) is 6.62. The van der Waals surface area contributed by atoms with E-state index in [1.807, 2.05) is 20.8 Å². The minimum atomic E-state index is -0.796. The number of carboxylic acid groups (broad SMARTS) is 1. The van der Waals surface area contributed by atoms with E-state index in [1.54, 1.807) is 0 Å². The molecule has 1 aliphatic rings. The number of hydrogen-bond acceptors (Lipinski definition) is 4. The van der Waals surface area contributed by atoms with Gasteiger partial charge in [0.25, 0.3) is 0 Å². The van der Waals surface area contributed by atoms with Crippen LogP contribution >= 0.6 is 0 Å². The van der Waals surface area contributed by atoms with Crippen molar-refractivity contribution >= 4 is 5.97 Å². The summed E-state index contributed by atoms with van der Waals surface area (Å²) < 4.78 is 5.88. The number of rotatable bonds is 4. The lowest BCUT2D eigenvalue weighted by Gasteiger charge is -2.33. The van der Waals surface area contributed by atoms with Crippen molar-refractivity contribution in [2.75, 3.05) is 6.61 Å². The quantitative estimate of drug-likeness (QED) is 0.916. The molecule has 0 radical (unpaired) electrons. The summed E-state index contributed by atoms with van der Waals surface area (Å²) in [5.41, 5.74) is 2.27. The van der Waals surface area contributed by atoms with Gasteiger partial charge < -0.3 is 9.84 Å². The lowest BCUT2D eigenvalue weighted by molar-refractivity contribution is -0.136. The molecule has 2 heterocycles. The first-order valence-electron chi connectivity index (χ1n) is 7.13. The van der Waals surface area contributed by atoms with Crippen LogP contribution in [0, 0.1) is 13.8 Å². The van der Waals surface area contributed by atoms with Gasteiger partial charge in [0, 0.05) is 24.4 Å². The van der Waals surface area contributed by atoms with Gasteiger partial charge in [-0.2, -0.15) is 0 Å². The first-order valence-corrected chi connectivity index (χ1v) is 7.13. The van der Waals surface area contributed by atoms with Gasteiger partial charge in [0.2, 0.25) is 0 Å². The SMILES string of the molecule is Cc1nc(C2(C)CCCCO2)nc(C)c1CCC(=O)O. The maximum atomic E-state index is 10.7. The fraction of sp³-hybridized carbons (Fsp3) is 0.667. The maximum Gasteiger partial charge on any atom is 0.303 e. The van der Waals surface area contributed by atoms with E-state index in [1.165, 1.54) is 0 Å². The number of ether oxygens (including phenoxy) is 1. The Kier molecular flexibility index (Phi) is 4.38. The highest BCUT2D eigenvalue weighted by Gasteiger charge is 2.33. The molecule has 1 atom stereocenters. The van der Waals surface area contributed by atoms with Gasteiger partial charge >= 0.3 is 5.97 Å². The van der Waals surface area contributed by atoms with Crippen LogP contribution in [-0.2, 0) is 21.6 Å². The fourth-order valence-corrected chi connectivity index (χ4v) is 2.68. The zero-order valence-corrected chi connectivity index (χ0v) is 12.4. The van der Waals surface area contributed by atoms with E-state index in [9.17, 15) is 4.79 Å². The van der Waals surface area contributed by atoms with Gasteiger partial charge in [-0.3, -0.25) is 4.79 Å². The lowest BCUT2D eigenvalue weighted by atomic mass is 9.94. The number of aliphatic carboxylic acids is 1. The minimum Gasteiger partial charge on any atom is -0.481 e. The second-order valence-corrected chi connectivity index (χ2v) is 5.63. The molecular formula is C15H22N2O3. The van der Waals surface area contributed by atoms with Crippen molar-refractivity contribution in [2.45, 2.75) is 58.5 Å². The van der Waals surface area contributed by atoms with Crippen LogP contribution in [-0.4, -0.2) is 27.7 Å². The van der Waals surface area contributed by atoms with E-state index in [0.717, 1.165) is 48.6 Å². The number of aromatic nitrogens is 2. The summed E-state index contributed by atoms with van der Waals surface area (Å²) in [5, 5.41) is 8.80. The van der Waals surface area contributed by atoms with Crippen molar-refractivity contribution in [3.8, 4) is 0 Å². The Morgan fingerprint density at radius 3 is 2.45 bits per heavy atom. The van der Waals surface area contributed by atoms with Crippen molar-refractivity contribution in [1.82, 2.24) is 9.97 Å². The third-order valence-electron chi connectivity index (χ3n) is 3.95. The largest absolute Gasteiger partial charge is 0.481 e. The molecule has 0 spiro atoms. The predicted molar refractivity (Wildman–Crippen MR) is 74.6 cm³/mol. The molecule has 1 aliphatic heterocycles. The van der Waals surface area contributed by atoms with E-state index < -0.39 is 11.6 Å². The highest BCUT2D eigenvalue weighted by atomic mass is 16.5. The number of aryl methyl sites for hydroxylation is 2. The van der Waals surface area contributed by atoms with E-state index >= 15 is 0 Å². The van der Waals surface area contributed by atoms with Crippen LogP contribution in [0.15, 0.2) is 0 Å². The van der Waals surface area contributed by atoms with Crippen LogP contribution in [0.3, 0.4) is 0 Å². The zero-order valence-electron chi connectivity index (χ0n) is 12.4. The molecule has 1 N–H and O–H groups in total. The molecule has 0 amide bonds.